The summed E-state index contributed by atoms with van der Waals surface area (Å²) < 4.78 is 5.48. The molecular weight excluding hydrogens is 268 g/mol. The first-order chi connectivity index (χ1) is 10.2. The van der Waals surface area contributed by atoms with E-state index >= 15 is 0 Å². The van der Waals surface area contributed by atoms with Crippen molar-refractivity contribution in [2.24, 2.45) is 5.84 Å². The molecule has 0 aliphatic rings. The Labute approximate surface area is 123 Å². The zero-order valence-electron chi connectivity index (χ0n) is 11.8. The Balaban J connectivity index is 1.98. The number of nitrogens with zero attached hydrogens (tertiary/aromatic N) is 1. The highest BCUT2D eigenvalue weighted by Crippen LogP contribution is 2.16. The van der Waals surface area contributed by atoms with Crippen LogP contribution in [0.4, 0.5) is 11.5 Å². The van der Waals surface area contributed by atoms with Crippen molar-refractivity contribution in [3.63, 3.8) is 0 Å². The van der Waals surface area contributed by atoms with Gasteiger partial charge >= 0.3 is 0 Å². The molecule has 1 aromatic heterocycles. The summed E-state index contributed by atoms with van der Waals surface area (Å²) in [6.07, 6.45) is 2.42. The Bertz CT molecular complexity index is 582. The van der Waals surface area contributed by atoms with E-state index in [0.29, 0.717) is 23.7 Å². The average molecular weight is 286 g/mol. The standard InChI is InChI=1S/C15H18N4O2/c1-2-9-21-13-6-4-12(5-7-13)18-15(20)11-3-8-14(19-16)17-10-11/h3-8,10H,2,9,16H2,1H3,(H,17,19)(H,18,20). The fourth-order valence-electron chi connectivity index (χ4n) is 1.67. The summed E-state index contributed by atoms with van der Waals surface area (Å²) in [5.74, 6) is 6.29. The number of carbonyl (C=O) groups excluding carboxylic acids is 1. The van der Waals surface area contributed by atoms with E-state index in [9.17, 15) is 4.79 Å². The van der Waals surface area contributed by atoms with Crippen LogP contribution in [0.3, 0.4) is 0 Å². The predicted octanol–water partition coefficient (Wildman–Crippen LogP) is 2.41. The van der Waals surface area contributed by atoms with Gasteiger partial charge in [-0.3, -0.25) is 4.79 Å². The van der Waals surface area contributed by atoms with Crippen molar-refractivity contribution in [1.82, 2.24) is 4.98 Å². The molecule has 0 fully saturated rings. The van der Waals surface area contributed by atoms with E-state index in [-0.39, 0.29) is 5.91 Å². The lowest BCUT2D eigenvalue weighted by molar-refractivity contribution is 0.102. The quantitative estimate of drug-likeness (QED) is 0.560. The van der Waals surface area contributed by atoms with Gasteiger partial charge in [-0.15, -0.1) is 0 Å². The van der Waals surface area contributed by atoms with Crippen LogP contribution in [0.5, 0.6) is 5.75 Å². The minimum atomic E-state index is -0.228. The molecule has 21 heavy (non-hydrogen) atoms. The van der Waals surface area contributed by atoms with Crippen molar-refractivity contribution < 1.29 is 9.53 Å². The van der Waals surface area contributed by atoms with Crippen LogP contribution in [-0.2, 0) is 0 Å². The molecule has 0 saturated heterocycles. The Morgan fingerprint density at radius 3 is 2.57 bits per heavy atom. The normalized spacial score (nSPS) is 10.0. The van der Waals surface area contributed by atoms with Gasteiger partial charge in [0.1, 0.15) is 11.6 Å². The van der Waals surface area contributed by atoms with E-state index in [1.807, 2.05) is 19.1 Å². The van der Waals surface area contributed by atoms with Crippen molar-refractivity contribution in [2.75, 3.05) is 17.3 Å². The summed E-state index contributed by atoms with van der Waals surface area (Å²) in [6.45, 7) is 2.73. The summed E-state index contributed by atoms with van der Waals surface area (Å²) in [4.78, 5) is 16.0. The SMILES string of the molecule is CCCOc1ccc(NC(=O)c2ccc(NN)nc2)cc1. The number of pyridine rings is 1. The molecule has 1 aromatic carbocycles. The molecule has 0 atom stereocenters. The molecule has 0 saturated carbocycles. The summed E-state index contributed by atoms with van der Waals surface area (Å²) in [6, 6.07) is 10.5. The first-order valence-corrected chi connectivity index (χ1v) is 6.70. The Hall–Kier alpha value is -2.60. The second-order valence-corrected chi connectivity index (χ2v) is 4.40. The molecule has 0 bridgehead atoms. The van der Waals surface area contributed by atoms with Crippen LogP contribution < -0.4 is 21.3 Å². The van der Waals surface area contributed by atoms with Crippen LogP contribution in [0.1, 0.15) is 23.7 Å². The molecule has 6 heteroatoms. The highest BCUT2D eigenvalue weighted by Gasteiger charge is 2.06. The van der Waals surface area contributed by atoms with E-state index in [2.05, 4.69) is 15.7 Å². The minimum absolute atomic E-state index is 0.228. The fourth-order valence-corrected chi connectivity index (χ4v) is 1.67. The van der Waals surface area contributed by atoms with Gasteiger partial charge in [-0.1, -0.05) is 6.92 Å². The van der Waals surface area contributed by atoms with Crippen LogP contribution >= 0.6 is 0 Å². The second kappa shape index (κ2) is 7.25. The van der Waals surface area contributed by atoms with Gasteiger partial charge in [0.05, 0.1) is 12.2 Å². The van der Waals surface area contributed by atoms with Gasteiger partial charge in [0.25, 0.3) is 5.91 Å². The van der Waals surface area contributed by atoms with E-state index in [4.69, 9.17) is 10.6 Å². The Morgan fingerprint density at radius 2 is 2.00 bits per heavy atom. The zero-order chi connectivity index (χ0) is 15.1. The van der Waals surface area contributed by atoms with Crippen molar-refractivity contribution in [1.29, 1.82) is 0 Å². The second-order valence-electron chi connectivity index (χ2n) is 4.40. The number of carbonyl (C=O) groups is 1. The average Bonchev–Trinajstić information content (AvgIpc) is 2.54. The smallest absolute Gasteiger partial charge is 0.257 e. The van der Waals surface area contributed by atoms with Crippen LogP contribution in [0.25, 0.3) is 0 Å². The third-order valence-corrected chi connectivity index (χ3v) is 2.76. The van der Waals surface area contributed by atoms with Gasteiger partial charge in [0.15, 0.2) is 0 Å². The number of anilines is 2. The maximum atomic E-state index is 12.0. The number of benzene rings is 1. The number of nitrogens with two attached hydrogens (primary N) is 1. The van der Waals surface area contributed by atoms with Crippen molar-refractivity contribution in [3.8, 4) is 5.75 Å². The largest absolute Gasteiger partial charge is 0.494 e. The summed E-state index contributed by atoms with van der Waals surface area (Å²) in [5, 5.41) is 2.79. The van der Waals surface area contributed by atoms with Crippen LogP contribution in [0.2, 0.25) is 0 Å². The molecule has 4 N–H and O–H groups in total. The number of hydrazine groups is 1. The highest BCUT2D eigenvalue weighted by molar-refractivity contribution is 6.04. The lowest BCUT2D eigenvalue weighted by Gasteiger charge is -2.08. The van der Waals surface area contributed by atoms with Crippen LogP contribution in [0, 0.1) is 0 Å². The van der Waals surface area contributed by atoms with Gasteiger partial charge in [-0.25, -0.2) is 10.8 Å². The number of rotatable bonds is 6. The van der Waals surface area contributed by atoms with Crippen molar-refractivity contribution >= 4 is 17.4 Å². The number of aromatic nitrogens is 1. The zero-order valence-corrected chi connectivity index (χ0v) is 11.8. The summed E-state index contributed by atoms with van der Waals surface area (Å²) in [5.41, 5.74) is 3.57. The third kappa shape index (κ3) is 4.19. The minimum Gasteiger partial charge on any atom is -0.494 e. The van der Waals surface area contributed by atoms with Crippen molar-refractivity contribution in [3.05, 3.63) is 48.2 Å². The maximum Gasteiger partial charge on any atom is 0.257 e. The Morgan fingerprint density at radius 1 is 1.24 bits per heavy atom. The molecule has 0 aliphatic carbocycles. The van der Waals surface area contributed by atoms with E-state index in [1.54, 1.807) is 24.3 Å². The number of nitrogen functional groups attached to an aromatic ring is 1. The van der Waals surface area contributed by atoms with Gasteiger partial charge in [0, 0.05) is 11.9 Å². The van der Waals surface area contributed by atoms with Gasteiger partial charge in [0.2, 0.25) is 0 Å². The monoisotopic (exact) mass is 286 g/mol. The van der Waals surface area contributed by atoms with Gasteiger partial charge in [-0.2, -0.15) is 0 Å². The number of hydrogen-bond donors (Lipinski definition) is 3. The number of amides is 1. The molecule has 1 amide bonds. The summed E-state index contributed by atoms with van der Waals surface area (Å²) in [7, 11) is 0. The first kappa shape index (κ1) is 14.8. The van der Waals surface area contributed by atoms with Gasteiger partial charge < -0.3 is 15.5 Å². The maximum absolute atomic E-state index is 12.0. The van der Waals surface area contributed by atoms with Gasteiger partial charge in [-0.05, 0) is 42.8 Å². The molecule has 1 heterocycles. The molecule has 6 nitrogen and oxygen atoms in total. The Kier molecular flexibility index (Phi) is 5.11. The highest BCUT2D eigenvalue weighted by atomic mass is 16.5. The molecule has 0 aliphatic heterocycles. The summed E-state index contributed by atoms with van der Waals surface area (Å²) >= 11 is 0. The van der Waals surface area contributed by atoms with E-state index in [0.717, 1.165) is 12.2 Å². The lowest BCUT2D eigenvalue weighted by atomic mass is 10.2. The fraction of sp³-hybridized carbons (Fsp3) is 0.200. The predicted molar refractivity (Wildman–Crippen MR) is 82.2 cm³/mol. The number of nitrogens with one attached hydrogen (secondary N) is 2. The number of hydrogen-bond acceptors (Lipinski definition) is 5. The molecular formula is C15H18N4O2. The molecule has 2 aromatic rings. The number of ether oxygens (including phenoxy) is 1. The third-order valence-electron chi connectivity index (χ3n) is 2.76. The molecule has 2 rings (SSSR count). The van der Waals surface area contributed by atoms with E-state index in [1.165, 1.54) is 6.20 Å². The molecule has 0 spiro atoms. The molecule has 110 valence electrons. The lowest BCUT2D eigenvalue weighted by Crippen LogP contribution is -2.13. The molecule has 0 unspecified atom stereocenters. The van der Waals surface area contributed by atoms with E-state index < -0.39 is 0 Å². The topological polar surface area (TPSA) is 89.3 Å². The van der Waals surface area contributed by atoms with Crippen LogP contribution in [0.15, 0.2) is 42.6 Å². The van der Waals surface area contributed by atoms with Crippen molar-refractivity contribution in [2.45, 2.75) is 13.3 Å². The molecule has 0 radical (unpaired) electrons. The van der Waals surface area contributed by atoms with Crippen LogP contribution in [-0.4, -0.2) is 17.5 Å². The first-order valence-electron chi connectivity index (χ1n) is 6.70.